The van der Waals surface area contributed by atoms with Crippen LogP contribution in [0.5, 0.6) is 0 Å². The molecule has 0 unspecified atom stereocenters. The highest BCUT2D eigenvalue weighted by Crippen LogP contribution is 2.34. The molecule has 2 nitrogen and oxygen atoms in total. The number of sulfone groups is 1. The lowest BCUT2D eigenvalue weighted by atomic mass is 10.2. The first kappa shape index (κ1) is 14.0. The van der Waals surface area contributed by atoms with Gasteiger partial charge in [-0.05, 0) is 43.1 Å². The third kappa shape index (κ3) is 3.80. The number of aryl methyl sites for hydroxylation is 1. The van der Waals surface area contributed by atoms with E-state index in [0.29, 0.717) is 4.90 Å². The van der Waals surface area contributed by atoms with Crippen LogP contribution in [0.3, 0.4) is 0 Å². The molecule has 0 amide bonds. The lowest BCUT2D eigenvalue weighted by molar-refractivity contribution is 0.599. The molecule has 1 fully saturated rings. The highest BCUT2D eigenvalue weighted by molar-refractivity contribution is 8.22. The van der Waals surface area contributed by atoms with E-state index in [2.05, 4.69) is 0 Å². The molecular formula is C13H16O2S3. The molecule has 2 rings (SSSR count). The molecule has 1 aliphatic heterocycles. The maximum Gasteiger partial charge on any atom is 0.181 e. The summed E-state index contributed by atoms with van der Waals surface area (Å²) < 4.78 is 25.4. The van der Waals surface area contributed by atoms with Crippen LogP contribution >= 0.6 is 23.5 Å². The largest absolute Gasteiger partial charge is 0.223 e. The normalized spacial score (nSPS) is 16.6. The number of rotatable bonds is 3. The van der Waals surface area contributed by atoms with Crippen LogP contribution in [0, 0.1) is 6.92 Å². The summed E-state index contributed by atoms with van der Waals surface area (Å²) in [5, 5.41) is 0. The van der Waals surface area contributed by atoms with Crippen LogP contribution in [0.4, 0.5) is 0 Å². The Bertz CT molecular complexity index is 522. The molecule has 1 heterocycles. The molecule has 1 aliphatic rings. The first-order valence-electron chi connectivity index (χ1n) is 5.83. The van der Waals surface area contributed by atoms with Crippen molar-refractivity contribution in [3.8, 4) is 0 Å². The summed E-state index contributed by atoms with van der Waals surface area (Å²) in [7, 11) is -3.18. The van der Waals surface area contributed by atoms with E-state index in [4.69, 9.17) is 0 Å². The monoisotopic (exact) mass is 300 g/mol. The van der Waals surface area contributed by atoms with Gasteiger partial charge in [0.15, 0.2) is 9.84 Å². The lowest BCUT2D eigenvalue weighted by Gasteiger charge is -2.12. The van der Waals surface area contributed by atoms with Crippen LogP contribution in [0.15, 0.2) is 39.5 Å². The quantitative estimate of drug-likeness (QED) is 0.856. The zero-order valence-corrected chi connectivity index (χ0v) is 12.7. The first-order valence-corrected chi connectivity index (χ1v) is 9.45. The third-order valence-corrected chi connectivity index (χ3v) is 6.82. The molecule has 0 atom stereocenters. The van der Waals surface area contributed by atoms with E-state index in [9.17, 15) is 8.42 Å². The number of hydrogen-bond donors (Lipinski definition) is 0. The van der Waals surface area contributed by atoms with Crippen molar-refractivity contribution in [2.45, 2.75) is 18.2 Å². The van der Waals surface area contributed by atoms with E-state index >= 15 is 0 Å². The molecule has 1 aromatic rings. The zero-order chi connectivity index (χ0) is 13.0. The van der Waals surface area contributed by atoms with Crippen molar-refractivity contribution in [2.24, 2.45) is 0 Å². The van der Waals surface area contributed by atoms with Gasteiger partial charge in [-0.15, -0.1) is 23.5 Å². The second-order valence-electron chi connectivity index (χ2n) is 4.17. The van der Waals surface area contributed by atoms with Crippen molar-refractivity contribution < 1.29 is 8.42 Å². The van der Waals surface area contributed by atoms with Crippen molar-refractivity contribution in [1.29, 1.82) is 0 Å². The fourth-order valence-corrected chi connectivity index (χ4v) is 5.32. The Kier molecular flexibility index (Phi) is 4.81. The summed E-state index contributed by atoms with van der Waals surface area (Å²) in [5.41, 5.74) is 1.07. The second-order valence-corrected chi connectivity index (χ2v) is 8.73. The van der Waals surface area contributed by atoms with E-state index in [1.165, 1.54) is 6.42 Å². The molecule has 1 saturated heterocycles. The maximum absolute atomic E-state index is 12.1. The predicted molar refractivity (Wildman–Crippen MR) is 80.8 cm³/mol. The summed E-state index contributed by atoms with van der Waals surface area (Å²) in [6, 6.07) is 7.04. The molecule has 0 aromatic heterocycles. The van der Waals surface area contributed by atoms with Crippen LogP contribution in [0.2, 0.25) is 0 Å². The highest BCUT2D eigenvalue weighted by atomic mass is 32.2. The Balaban J connectivity index is 2.09. The number of benzene rings is 1. The molecule has 18 heavy (non-hydrogen) atoms. The van der Waals surface area contributed by atoms with Crippen LogP contribution < -0.4 is 0 Å². The standard InChI is InChI=1S/C13H16O2S3/c1-11-3-5-12(6-4-11)18(14,15)10-7-13-16-8-2-9-17-13/h3-7H,2,8-10H2,1H3. The van der Waals surface area contributed by atoms with Gasteiger partial charge in [-0.1, -0.05) is 17.7 Å². The smallest absolute Gasteiger partial charge is 0.181 e. The van der Waals surface area contributed by atoms with Gasteiger partial charge in [-0.2, -0.15) is 0 Å². The summed E-state index contributed by atoms with van der Waals surface area (Å²) in [5.74, 6) is 2.30. The van der Waals surface area contributed by atoms with E-state index in [0.717, 1.165) is 21.3 Å². The fourth-order valence-electron chi connectivity index (χ4n) is 1.58. The molecule has 0 bridgehead atoms. The topological polar surface area (TPSA) is 34.1 Å². The summed E-state index contributed by atoms with van der Waals surface area (Å²) >= 11 is 3.52. The molecule has 0 spiro atoms. The third-order valence-electron chi connectivity index (χ3n) is 2.63. The second kappa shape index (κ2) is 6.17. The molecule has 1 aromatic carbocycles. The van der Waals surface area contributed by atoms with Crippen molar-refractivity contribution in [3.05, 3.63) is 40.1 Å². The molecule has 0 aliphatic carbocycles. The van der Waals surface area contributed by atoms with Gasteiger partial charge in [-0.25, -0.2) is 8.42 Å². The van der Waals surface area contributed by atoms with Crippen LogP contribution in [-0.2, 0) is 9.84 Å². The summed E-state index contributed by atoms with van der Waals surface area (Å²) in [6.07, 6.45) is 3.06. The minimum Gasteiger partial charge on any atom is -0.223 e. The molecule has 5 heteroatoms. The lowest BCUT2D eigenvalue weighted by Crippen LogP contribution is -2.05. The van der Waals surface area contributed by atoms with Gasteiger partial charge >= 0.3 is 0 Å². The van der Waals surface area contributed by atoms with Gasteiger partial charge in [0.2, 0.25) is 0 Å². The van der Waals surface area contributed by atoms with E-state index in [-0.39, 0.29) is 5.75 Å². The van der Waals surface area contributed by atoms with Crippen molar-refractivity contribution >= 4 is 33.4 Å². The molecule has 0 radical (unpaired) electrons. The zero-order valence-electron chi connectivity index (χ0n) is 10.3. The van der Waals surface area contributed by atoms with E-state index < -0.39 is 9.84 Å². The Morgan fingerprint density at radius 3 is 2.39 bits per heavy atom. The minimum atomic E-state index is -3.18. The minimum absolute atomic E-state index is 0.103. The van der Waals surface area contributed by atoms with Crippen LogP contribution in [-0.4, -0.2) is 25.7 Å². The van der Waals surface area contributed by atoms with Gasteiger partial charge < -0.3 is 0 Å². The van der Waals surface area contributed by atoms with Gasteiger partial charge in [0.05, 0.1) is 10.6 Å². The SMILES string of the molecule is Cc1ccc(S(=O)(=O)CC=C2SCCCS2)cc1. The maximum atomic E-state index is 12.1. The van der Waals surface area contributed by atoms with Crippen LogP contribution in [0.25, 0.3) is 0 Å². The average Bonchev–Trinajstić information content (AvgIpc) is 2.38. The summed E-state index contributed by atoms with van der Waals surface area (Å²) in [6.45, 7) is 1.95. The van der Waals surface area contributed by atoms with Crippen molar-refractivity contribution in [3.63, 3.8) is 0 Å². The predicted octanol–water partition coefficient (Wildman–Crippen LogP) is 3.48. The fraction of sp³-hybridized carbons (Fsp3) is 0.385. The van der Waals surface area contributed by atoms with Gasteiger partial charge in [0, 0.05) is 4.24 Å². The Morgan fingerprint density at radius 1 is 1.17 bits per heavy atom. The molecule has 0 N–H and O–H groups in total. The average molecular weight is 300 g/mol. The van der Waals surface area contributed by atoms with Crippen LogP contribution in [0.1, 0.15) is 12.0 Å². The van der Waals surface area contributed by atoms with Gasteiger partial charge in [0.1, 0.15) is 0 Å². The van der Waals surface area contributed by atoms with Gasteiger partial charge in [0.25, 0.3) is 0 Å². The highest BCUT2D eigenvalue weighted by Gasteiger charge is 2.14. The van der Waals surface area contributed by atoms with E-state index in [1.807, 2.05) is 25.1 Å². The van der Waals surface area contributed by atoms with Crippen molar-refractivity contribution in [2.75, 3.05) is 17.3 Å². The van der Waals surface area contributed by atoms with Crippen molar-refractivity contribution in [1.82, 2.24) is 0 Å². The number of hydrogen-bond acceptors (Lipinski definition) is 4. The Labute approximate surface area is 117 Å². The Morgan fingerprint density at radius 2 is 1.78 bits per heavy atom. The van der Waals surface area contributed by atoms with E-state index in [1.54, 1.807) is 35.7 Å². The molecular weight excluding hydrogens is 284 g/mol. The molecule has 98 valence electrons. The summed E-state index contributed by atoms with van der Waals surface area (Å²) in [4.78, 5) is 0.413. The first-order chi connectivity index (χ1) is 8.58. The molecule has 0 saturated carbocycles. The Hall–Kier alpha value is -0.390. The van der Waals surface area contributed by atoms with Gasteiger partial charge in [-0.3, -0.25) is 0 Å². The number of thioether (sulfide) groups is 2.